The Balaban J connectivity index is 1.85. The molecule has 29 heavy (non-hydrogen) atoms. The standard InChI is InChI=1S/C20H22FN3O4S/c1-20(2,3)28-19(27)22-14-8-6-7-13(11-14)18(26)24-23-17(25)12-29-16-10-5-4-9-15(16)21/h4-11H,12H2,1-3H3,(H,22,27)(H,23,25)(H,24,26). The summed E-state index contributed by atoms with van der Waals surface area (Å²) in [7, 11) is 0. The smallest absolute Gasteiger partial charge is 0.412 e. The van der Waals surface area contributed by atoms with Crippen molar-refractivity contribution in [3.63, 3.8) is 0 Å². The molecule has 0 saturated carbocycles. The van der Waals surface area contributed by atoms with E-state index in [0.717, 1.165) is 11.8 Å². The second-order valence-electron chi connectivity index (χ2n) is 6.93. The lowest BCUT2D eigenvalue weighted by atomic mass is 10.2. The highest BCUT2D eigenvalue weighted by Crippen LogP contribution is 2.20. The fourth-order valence-electron chi connectivity index (χ4n) is 2.10. The first kappa shape index (κ1) is 22.2. The predicted molar refractivity (Wildman–Crippen MR) is 109 cm³/mol. The molecule has 0 atom stereocenters. The SMILES string of the molecule is CC(C)(C)OC(=O)Nc1cccc(C(=O)NNC(=O)CSc2ccccc2F)c1. The molecule has 2 aromatic rings. The van der Waals surface area contributed by atoms with Gasteiger partial charge in [-0.3, -0.25) is 25.8 Å². The normalized spacial score (nSPS) is 10.8. The summed E-state index contributed by atoms with van der Waals surface area (Å²) in [6.07, 6.45) is -0.645. The van der Waals surface area contributed by atoms with Gasteiger partial charge in [-0.15, -0.1) is 11.8 Å². The van der Waals surface area contributed by atoms with E-state index < -0.39 is 29.3 Å². The maximum atomic E-state index is 13.5. The van der Waals surface area contributed by atoms with E-state index in [4.69, 9.17) is 4.74 Å². The van der Waals surface area contributed by atoms with Crippen LogP contribution in [0.4, 0.5) is 14.9 Å². The molecule has 0 heterocycles. The summed E-state index contributed by atoms with van der Waals surface area (Å²) in [4.78, 5) is 36.2. The lowest BCUT2D eigenvalue weighted by Gasteiger charge is -2.19. The second kappa shape index (κ2) is 9.92. The number of carbonyl (C=O) groups excluding carboxylic acids is 3. The van der Waals surface area contributed by atoms with Gasteiger partial charge in [-0.05, 0) is 51.1 Å². The topological polar surface area (TPSA) is 96.5 Å². The molecule has 0 saturated heterocycles. The van der Waals surface area contributed by atoms with Crippen LogP contribution in [0.25, 0.3) is 0 Å². The second-order valence-corrected chi connectivity index (χ2v) is 7.95. The molecule has 9 heteroatoms. The van der Waals surface area contributed by atoms with Gasteiger partial charge in [0.25, 0.3) is 5.91 Å². The summed E-state index contributed by atoms with van der Waals surface area (Å²) < 4.78 is 18.7. The molecule has 2 rings (SSSR count). The molecule has 2 aromatic carbocycles. The van der Waals surface area contributed by atoms with Gasteiger partial charge >= 0.3 is 6.09 Å². The van der Waals surface area contributed by atoms with Gasteiger partial charge in [0, 0.05) is 16.1 Å². The first-order chi connectivity index (χ1) is 13.6. The third-order valence-electron chi connectivity index (χ3n) is 3.28. The molecule has 0 fully saturated rings. The van der Waals surface area contributed by atoms with E-state index in [1.165, 1.54) is 18.2 Å². The average Bonchev–Trinajstić information content (AvgIpc) is 2.64. The molecule has 0 bridgehead atoms. The molecule has 0 aliphatic heterocycles. The number of halogens is 1. The summed E-state index contributed by atoms with van der Waals surface area (Å²) in [5, 5.41) is 2.54. The van der Waals surface area contributed by atoms with Gasteiger partial charge in [0.15, 0.2) is 0 Å². The zero-order chi connectivity index (χ0) is 21.4. The summed E-state index contributed by atoms with van der Waals surface area (Å²) in [5.74, 6) is -1.54. The van der Waals surface area contributed by atoms with Crippen LogP contribution >= 0.6 is 11.8 Å². The molecular formula is C20H22FN3O4S. The fraction of sp³-hybridized carbons (Fsp3) is 0.250. The molecule has 0 aliphatic carbocycles. The third kappa shape index (κ3) is 7.82. The van der Waals surface area contributed by atoms with E-state index in [9.17, 15) is 18.8 Å². The van der Waals surface area contributed by atoms with Gasteiger partial charge in [-0.25, -0.2) is 9.18 Å². The molecule has 0 spiro atoms. The van der Waals surface area contributed by atoms with E-state index in [2.05, 4.69) is 16.2 Å². The Bertz CT molecular complexity index is 899. The number of anilines is 1. The van der Waals surface area contributed by atoms with Gasteiger partial charge in [-0.2, -0.15) is 0 Å². The van der Waals surface area contributed by atoms with E-state index in [0.29, 0.717) is 10.6 Å². The zero-order valence-electron chi connectivity index (χ0n) is 16.2. The number of thioether (sulfide) groups is 1. The van der Waals surface area contributed by atoms with Crippen LogP contribution in [-0.4, -0.2) is 29.3 Å². The summed E-state index contributed by atoms with van der Waals surface area (Å²) >= 11 is 1.02. The predicted octanol–water partition coefficient (Wildman–Crippen LogP) is 3.73. The van der Waals surface area contributed by atoms with Crippen molar-refractivity contribution in [1.82, 2.24) is 10.9 Å². The molecule has 0 radical (unpaired) electrons. The first-order valence-electron chi connectivity index (χ1n) is 8.70. The van der Waals surface area contributed by atoms with Crippen LogP contribution in [-0.2, 0) is 9.53 Å². The Morgan fingerprint density at radius 2 is 1.76 bits per heavy atom. The number of amides is 3. The highest BCUT2D eigenvalue weighted by molar-refractivity contribution is 8.00. The van der Waals surface area contributed by atoms with E-state index in [-0.39, 0.29) is 11.3 Å². The average molecular weight is 419 g/mol. The van der Waals surface area contributed by atoms with E-state index >= 15 is 0 Å². The summed E-state index contributed by atoms with van der Waals surface area (Å²) in [6, 6.07) is 12.3. The number of benzene rings is 2. The van der Waals surface area contributed by atoms with Crippen LogP contribution in [0.3, 0.4) is 0 Å². The van der Waals surface area contributed by atoms with E-state index in [1.54, 1.807) is 51.1 Å². The molecule has 154 valence electrons. The minimum absolute atomic E-state index is 0.0680. The Labute approximate surface area is 172 Å². The molecule has 3 N–H and O–H groups in total. The Morgan fingerprint density at radius 3 is 2.45 bits per heavy atom. The van der Waals surface area contributed by atoms with Gasteiger partial charge in [0.2, 0.25) is 5.91 Å². The van der Waals surface area contributed by atoms with Crippen molar-refractivity contribution in [2.24, 2.45) is 0 Å². The molecule has 3 amide bonds. The van der Waals surface area contributed by atoms with Crippen LogP contribution in [0.1, 0.15) is 31.1 Å². The lowest BCUT2D eigenvalue weighted by Crippen LogP contribution is -2.42. The van der Waals surface area contributed by atoms with Gasteiger partial charge in [0.05, 0.1) is 5.75 Å². The number of ether oxygens (including phenoxy) is 1. The van der Waals surface area contributed by atoms with Gasteiger partial charge in [0.1, 0.15) is 11.4 Å². The first-order valence-corrected chi connectivity index (χ1v) is 9.69. The van der Waals surface area contributed by atoms with E-state index in [1.807, 2.05) is 0 Å². The zero-order valence-corrected chi connectivity index (χ0v) is 17.1. The highest BCUT2D eigenvalue weighted by atomic mass is 32.2. The molecular weight excluding hydrogens is 397 g/mol. The lowest BCUT2D eigenvalue weighted by molar-refractivity contribution is -0.119. The number of rotatable bonds is 5. The van der Waals surface area contributed by atoms with Crippen LogP contribution in [0.15, 0.2) is 53.4 Å². The van der Waals surface area contributed by atoms with Crippen LogP contribution in [0, 0.1) is 5.82 Å². The van der Waals surface area contributed by atoms with Crippen LogP contribution in [0.2, 0.25) is 0 Å². The van der Waals surface area contributed by atoms with Gasteiger partial charge < -0.3 is 4.74 Å². The minimum atomic E-state index is -0.649. The van der Waals surface area contributed by atoms with Crippen molar-refractivity contribution in [3.05, 3.63) is 59.9 Å². The maximum Gasteiger partial charge on any atom is 0.412 e. The van der Waals surface area contributed by atoms with Crippen molar-refractivity contribution in [2.45, 2.75) is 31.3 Å². The monoisotopic (exact) mass is 419 g/mol. The Morgan fingerprint density at radius 1 is 1.03 bits per heavy atom. The van der Waals surface area contributed by atoms with Crippen molar-refractivity contribution in [3.8, 4) is 0 Å². The summed E-state index contributed by atoms with van der Waals surface area (Å²) in [6.45, 7) is 5.22. The number of hydrazine groups is 1. The molecule has 0 aromatic heterocycles. The van der Waals surface area contributed by atoms with Crippen molar-refractivity contribution >= 4 is 35.4 Å². The number of carbonyl (C=O) groups is 3. The maximum absolute atomic E-state index is 13.5. The van der Waals surface area contributed by atoms with Gasteiger partial charge in [-0.1, -0.05) is 18.2 Å². The number of hydrogen-bond acceptors (Lipinski definition) is 5. The Kier molecular flexibility index (Phi) is 7.60. The number of hydrogen-bond donors (Lipinski definition) is 3. The quantitative estimate of drug-likeness (QED) is 0.507. The molecule has 7 nitrogen and oxygen atoms in total. The minimum Gasteiger partial charge on any atom is -0.444 e. The van der Waals surface area contributed by atoms with Crippen molar-refractivity contribution in [1.29, 1.82) is 0 Å². The van der Waals surface area contributed by atoms with Crippen molar-refractivity contribution < 1.29 is 23.5 Å². The number of nitrogens with one attached hydrogen (secondary N) is 3. The highest BCUT2D eigenvalue weighted by Gasteiger charge is 2.17. The third-order valence-corrected chi connectivity index (χ3v) is 4.33. The summed E-state index contributed by atoms with van der Waals surface area (Å²) in [5.41, 5.74) is 4.49. The molecule has 0 unspecified atom stereocenters. The van der Waals surface area contributed by atoms with Crippen LogP contribution in [0.5, 0.6) is 0 Å². The van der Waals surface area contributed by atoms with Crippen molar-refractivity contribution in [2.75, 3.05) is 11.1 Å². The largest absolute Gasteiger partial charge is 0.444 e. The fourth-order valence-corrected chi connectivity index (χ4v) is 2.84. The molecule has 0 aliphatic rings. The Hall–Kier alpha value is -3.07. The van der Waals surface area contributed by atoms with Crippen LogP contribution < -0.4 is 16.2 Å².